The smallest absolute Gasteiger partial charge is 0.0695 e. The van der Waals surface area contributed by atoms with Gasteiger partial charge in [-0.3, -0.25) is 0 Å². The van der Waals surface area contributed by atoms with Crippen molar-refractivity contribution in [3.05, 3.63) is 35.9 Å². The van der Waals surface area contributed by atoms with E-state index in [1.165, 1.54) is 18.4 Å². The summed E-state index contributed by atoms with van der Waals surface area (Å²) in [4.78, 5) is 2.35. The fourth-order valence-electron chi connectivity index (χ4n) is 3.06. The molecule has 1 aromatic rings. The Balaban J connectivity index is 1.98. The summed E-state index contributed by atoms with van der Waals surface area (Å²) in [7, 11) is 2.15. The Morgan fingerprint density at radius 3 is 2.58 bits per heavy atom. The molecule has 0 aromatic heterocycles. The summed E-state index contributed by atoms with van der Waals surface area (Å²) in [5.41, 5.74) is 1.37. The third kappa shape index (κ3) is 4.04. The number of hydrogen-bond donors (Lipinski definition) is 1. The Labute approximate surface area is 124 Å². The van der Waals surface area contributed by atoms with Crippen LogP contribution in [0.1, 0.15) is 37.2 Å². The first-order valence-electron chi connectivity index (χ1n) is 7.21. The first-order valence-corrected chi connectivity index (χ1v) is 8.33. The van der Waals surface area contributed by atoms with E-state index in [1.54, 1.807) is 0 Å². The fourth-order valence-corrected chi connectivity index (χ4v) is 3.64. The van der Waals surface area contributed by atoms with Gasteiger partial charge in [0.25, 0.3) is 0 Å². The number of aliphatic hydroxyl groups is 1. The predicted octanol–water partition coefficient (Wildman–Crippen LogP) is 3.40. The highest BCUT2D eigenvalue weighted by Crippen LogP contribution is 2.25. The molecule has 2 nitrogen and oxygen atoms in total. The second-order valence-corrected chi connectivity index (χ2v) is 6.27. The van der Waals surface area contributed by atoms with Crippen LogP contribution in [0.5, 0.6) is 0 Å². The van der Waals surface area contributed by atoms with Crippen LogP contribution in [0, 0.1) is 0 Å². The van der Waals surface area contributed by atoms with Crippen LogP contribution in [0.4, 0.5) is 0 Å². The Bertz CT molecular complexity index is 370. The highest BCUT2D eigenvalue weighted by Gasteiger charge is 2.27. The van der Waals surface area contributed by atoms with Gasteiger partial charge in [-0.15, -0.1) is 0 Å². The summed E-state index contributed by atoms with van der Waals surface area (Å²) in [6, 6.07) is 11.0. The van der Waals surface area contributed by atoms with E-state index >= 15 is 0 Å². The second-order valence-electron chi connectivity index (χ2n) is 5.62. The van der Waals surface area contributed by atoms with Crippen LogP contribution in [0.3, 0.4) is 0 Å². The highest BCUT2D eigenvalue weighted by molar-refractivity contribution is 9.09. The van der Waals surface area contributed by atoms with Gasteiger partial charge in [0.2, 0.25) is 0 Å². The molecule has 0 bridgehead atoms. The molecule has 3 heteroatoms. The summed E-state index contributed by atoms with van der Waals surface area (Å²) in [5, 5.41) is 11.1. The molecular weight excluding hydrogens is 302 g/mol. The van der Waals surface area contributed by atoms with Gasteiger partial charge >= 0.3 is 0 Å². The first-order chi connectivity index (χ1) is 9.22. The zero-order chi connectivity index (χ0) is 13.7. The van der Waals surface area contributed by atoms with Gasteiger partial charge in [0.1, 0.15) is 0 Å². The van der Waals surface area contributed by atoms with Gasteiger partial charge < -0.3 is 10.0 Å². The van der Waals surface area contributed by atoms with E-state index in [2.05, 4.69) is 58.2 Å². The minimum absolute atomic E-state index is 0.148. The lowest BCUT2D eigenvalue weighted by Gasteiger charge is -2.36. The topological polar surface area (TPSA) is 23.5 Å². The van der Waals surface area contributed by atoms with Crippen LogP contribution >= 0.6 is 15.9 Å². The maximum absolute atomic E-state index is 10.1. The molecule has 1 N–H and O–H groups in total. The molecule has 0 spiro atoms. The lowest BCUT2D eigenvalue weighted by atomic mass is 9.90. The lowest BCUT2D eigenvalue weighted by molar-refractivity contribution is 0.0305. The summed E-state index contributed by atoms with van der Waals surface area (Å²) >= 11 is 3.63. The molecule has 0 saturated heterocycles. The number of alkyl halides is 1. The lowest BCUT2D eigenvalue weighted by Crippen LogP contribution is -2.45. The molecule has 1 aliphatic rings. The van der Waals surface area contributed by atoms with Crippen molar-refractivity contribution >= 4 is 15.9 Å². The van der Waals surface area contributed by atoms with Crippen LogP contribution in [0.2, 0.25) is 0 Å². The SMILES string of the molecule is CN(CC(CBr)c1ccccc1)C1CCCCC1O. The van der Waals surface area contributed by atoms with Crippen molar-refractivity contribution in [2.24, 2.45) is 0 Å². The van der Waals surface area contributed by atoms with E-state index in [0.717, 1.165) is 24.7 Å². The maximum atomic E-state index is 10.1. The molecule has 1 aromatic carbocycles. The van der Waals surface area contributed by atoms with Gasteiger partial charge in [0.05, 0.1) is 6.10 Å². The van der Waals surface area contributed by atoms with Crippen molar-refractivity contribution in [1.82, 2.24) is 4.90 Å². The Morgan fingerprint density at radius 2 is 1.95 bits per heavy atom. The quantitative estimate of drug-likeness (QED) is 0.839. The number of aliphatic hydroxyl groups excluding tert-OH is 1. The van der Waals surface area contributed by atoms with E-state index in [4.69, 9.17) is 0 Å². The molecule has 106 valence electrons. The number of likely N-dealkylation sites (N-methyl/N-ethyl adjacent to an activating group) is 1. The minimum Gasteiger partial charge on any atom is -0.391 e. The third-order valence-corrected chi connectivity index (χ3v) is 5.01. The summed E-state index contributed by atoms with van der Waals surface area (Å²) in [6.45, 7) is 0.997. The molecule has 1 aliphatic carbocycles. The van der Waals surface area contributed by atoms with Gasteiger partial charge in [-0.05, 0) is 25.5 Å². The van der Waals surface area contributed by atoms with Crippen LogP contribution in [-0.2, 0) is 0 Å². The van der Waals surface area contributed by atoms with Crippen LogP contribution in [0.15, 0.2) is 30.3 Å². The molecule has 0 heterocycles. The summed E-state index contributed by atoms with van der Waals surface area (Å²) in [6.07, 6.45) is 4.36. The van der Waals surface area contributed by atoms with Crippen LogP contribution < -0.4 is 0 Å². The molecular formula is C16H24BrNO. The standard InChI is InChI=1S/C16H24BrNO/c1-18(15-9-5-6-10-16(15)19)12-14(11-17)13-7-3-2-4-8-13/h2-4,7-8,14-16,19H,5-6,9-12H2,1H3. The van der Waals surface area contributed by atoms with Crippen molar-refractivity contribution in [2.45, 2.75) is 43.7 Å². The average molecular weight is 326 g/mol. The largest absolute Gasteiger partial charge is 0.391 e. The fraction of sp³-hybridized carbons (Fsp3) is 0.625. The molecule has 1 saturated carbocycles. The molecule has 3 unspecified atom stereocenters. The van der Waals surface area contributed by atoms with E-state index in [-0.39, 0.29) is 6.10 Å². The van der Waals surface area contributed by atoms with Gasteiger partial charge in [-0.1, -0.05) is 59.1 Å². The normalized spacial score (nSPS) is 25.5. The van der Waals surface area contributed by atoms with Crippen LogP contribution in [0.25, 0.3) is 0 Å². The third-order valence-electron chi connectivity index (χ3n) is 4.23. The molecule has 1 fully saturated rings. The number of nitrogens with zero attached hydrogens (tertiary/aromatic N) is 1. The Kier molecular flexibility index (Phi) is 5.86. The zero-order valence-corrected chi connectivity index (χ0v) is 13.2. The Morgan fingerprint density at radius 1 is 1.26 bits per heavy atom. The maximum Gasteiger partial charge on any atom is 0.0695 e. The summed E-state index contributed by atoms with van der Waals surface area (Å²) < 4.78 is 0. The number of benzene rings is 1. The summed E-state index contributed by atoms with van der Waals surface area (Å²) in [5.74, 6) is 0.486. The van der Waals surface area contributed by atoms with E-state index < -0.39 is 0 Å². The van der Waals surface area contributed by atoms with E-state index in [1.807, 2.05) is 0 Å². The average Bonchev–Trinajstić information content (AvgIpc) is 2.46. The van der Waals surface area contributed by atoms with Crippen molar-refractivity contribution in [3.63, 3.8) is 0 Å². The molecule has 3 atom stereocenters. The molecule has 0 aliphatic heterocycles. The Hall–Kier alpha value is -0.380. The van der Waals surface area contributed by atoms with E-state index in [9.17, 15) is 5.11 Å². The predicted molar refractivity (Wildman–Crippen MR) is 83.9 cm³/mol. The number of hydrogen-bond acceptors (Lipinski definition) is 2. The highest BCUT2D eigenvalue weighted by atomic mass is 79.9. The number of halogens is 1. The monoisotopic (exact) mass is 325 g/mol. The van der Waals surface area contributed by atoms with E-state index in [0.29, 0.717) is 12.0 Å². The number of rotatable bonds is 5. The van der Waals surface area contributed by atoms with Gasteiger partial charge in [-0.25, -0.2) is 0 Å². The second kappa shape index (κ2) is 7.41. The van der Waals surface area contributed by atoms with Crippen molar-refractivity contribution in [2.75, 3.05) is 18.9 Å². The van der Waals surface area contributed by atoms with Gasteiger partial charge in [0, 0.05) is 23.8 Å². The zero-order valence-electron chi connectivity index (χ0n) is 11.6. The van der Waals surface area contributed by atoms with Crippen molar-refractivity contribution < 1.29 is 5.11 Å². The first kappa shape index (κ1) is 15.0. The molecule has 0 amide bonds. The molecule has 0 radical (unpaired) electrons. The minimum atomic E-state index is -0.148. The van der Waals surface area contributed by atoms with Crippen molar-refractivity contribution in [1.29, 1.82) is 0 Å². The molecule has 2 rings (SSSR count). The molecule has 19 heavy (non-hydrogen) atoms. The van der Waals surface area contributed by atoms with Crippen molar-refractivity contribution in [3.8, 4) is 0 Å². The van der Waals surface area contributed by atoms with Gasteiger partial charge in [0.15, 0.2) is 0 Å². The van der Waals surface area contributed by atoms with Gasteiger partial charge in [-0.2, -0.15) is 0 Å². The van der Waals surface area contributed by atoms with Crippen LogP contribution in [-0.4, -0.2) is 41.1 Å².